The maximum Gasteiger partial charge on any atom is 0.341 e. The molecule has 4 N–H and O–H groups in total. The third kappa shape index (κ3) is 4.67. The number of rotatable bonds is 7. The number of carbonyl (C=O) groups excluding carboxylic acids is 1. The molecule has 0 radical (unpaired) electrons. The lowest BCUT2D eigenvalue weighted by atomic mass is 10.1. The second-order valence-corrected chi connectivity index (χ2v) is 6.06. The fraction of sp³-hybridized carbons (Fsp3) is 0.150. The summed E-state index contributed by atoms with van der Waals surface area (Å²) in [6.07, 6.45) is 0. The third-order valence-corrected chi connectivity index (χ3v) is 4.26. The number of aliphatic carboxylic acids is 1. The molecule has 2 aromatic rings. The minimum absolute atomic E-state index is 0. The van der Waals surface area contributed by atoms with E-state index in [0.717, 1.165) is 0 Å². The second-order valence-electron chi connectivity index (χ2n) is 6.06. The average molecular weight is 418 g/mol. The maximum absolute atomic E-state index is 13.1. The number of carboxylic acids is 1. The summed E-state index contributed by atoms with van der Waals surface area (Å²) in [6, 6.07) is 13.4. The summed E-state index contributed by atoms with van der Waals surface area (Å²) in [5.41, 5.74) is 7.65. The molecule has 1 aliphatic heterocycles. The predicted molar refractivity (Wildman–Crippen MR) is 111 cm³/mol. The highest BCUT2D eigenvalue weighted by Crippen LogP contribution is 2.33. The van der Waals surface area contributed by atoms with E-state index in [-0.39, 0.29) is 30.7 Å². The van der Waals surface area contributed by atoms with Crippen molar-refractivity contribution in [2.45, 2.75) is 0 Å². The number of ether oxygens (including phenoxy) is 2. The predicted octanol–water partition coefficient (Wildman–Crippen LogP) is 2.26. The van der Waals surface area contributed by atoms with Gasteiger partial charge in [-0.1, -0.05) is 12.1 Å². The van der Waals surface area contributed by atoms with Crippen LogP contribution in [0.25, 0.3) is 5.57 Å². The van der Waals surface area contributed by atoms with Gasteiger partial charge < -0.3 is 25.2 Å². The fourth-order valence-electron chi connectivity index (χ4n) is 2.92. The first-order valence-corrected chi connectivity index (χ1v) is 8.39. The van der Waals surface area contributed by atoms with Crippen molar-refractivity contribution in [3.8, 4) is 5.75 Å². The Morgan fingerprint density at radius 1 is 1.24 bits per heavy atom. The van der Waals surface area contributed by atoms with Gasteiger partial charge in [0.1, 0.15) is 17.3 Å². The van der Waals surface area contributed by atoms with Crippen molar-refractivity contribution in [1.29, 1.82) is 5.41 Å². The normalized spacial score (nSPS) is 13.1. The Morgan fingerprint density at radius 2 is 1.93 bits per heavy atom. The van der Waals surface area contributed by atoms with Gasteiger partial charge >= 0.3 is 5.97 Å². The average Bonchev–Trinajstić information content (AvgIpc) is 3.03. The Labute approximate surface area is 173 Å². The maximum atomic E-state index is 13.1. The van der Waals surface area contributed by atoms with Crippen LogP contribution in [0.2, 0.25) is 0 Å². The molecule has 1 aliphatic rings. The van der Waals surface area contributed by atoms with Gasteiger partial charge in [0.2, 0.25) is 0 Å². The highest BCUT2D eigenvalue weighted by atomic mass is 35.5. The van der Waals surface area contributed by atoms with Crippen molar-refractivity contribution in [2.75, 3.05) is 25.2 Å². The van der Waals surface area contributed by atoms with Gasteiger partial charge in [-0.2, -0.15) is 0 Å². The summed E-state index contributed by atoms with van der Waals surface area (Å²) in [4.78, 5) is 25.3. The minimum Gasteiger partial charge on any atom is -0.498 e. The summed E-state index contributed by atoms with van der Waals surface area (Å²) in [5.74, 6) is -0.535. The summed E-state index contributed by atoms with van der Waals surface area (Å²) < 4.78 is 10.6. The molecule has 29 heavy (non-hydrogen) atoms. The lowest BCUT2D eigenvalue weighted by Crippen LogP contribution is -2.26. The van der Waals surface area contributed by atoms with Crippen molar-refractivity contribution >= 4 is 41.4 Å². The summed E-state index contributed by atoms with van der Waals surface area (Å²) in [7, 11) is 1.50. The molecule has 0 saturated heterocycles. The lowest BCUT2D eigenvalue weighted by molar-refractivity contribution is -0.139. The fourth-order valence-corrected chi connectivity index (χ4v) is 2.92. The van der Waals surface area contributed by atoms with Crippen LogP contribution in [-0.4, -0.2) is 43.1 Å². The van der Waals surface area contributed by atoms with Crippen molar-refractivity contribution in [3.63, 3.8) is 0 Å². The van der Waals surface area contributed by atoms with E-state index in [1.807, 2.05) is 0 Å². The van der Waals surface area contributed by atoms with Gasteiger partial charge in [0, 0.05) is 11.3 Å². The molecule has 0 aliphatic carbocycles. The van der Waals surface area contributed by atoms with Gasteiger partial charge in [-0.15, -0.1) is 12.4 Å². The van der Waals surface area contributed by atoms with Gasteiger partial charge in [-0.25, -0.2) is 4.79 Å². The number of halogens is 1. The molecule has 152 valence electrons. The third-order valence-electron chi connectivity index (χ3n) is 4.26. The minimum atomic E-state index is -1.08. The van der Waals surface area contributed by atoms with E-state index in [1.54, 1.807) is 53.4 Å². The van der Waals surface area contributed by atoms with Crippen LogP contribution < -0.4 is 15.4 Å². The van der Waals surface area contributed by atoms with Gasteiger partial charge in [-0.3, -0.25) is 10.2 Å². The SMILES string of the molecule is COC1=C(c2cccc(OCC(=O)O)c2)C(=O)N(c2ccc(C(=N)N)cc2)C1.Cl. The zero-order valence-electron chi connectivity index (χ0n) is 15.5. The van der Waals surface area contributed by atoms with Crippen LogP contribution in [0.1, 0.15) is 11.1 Å². The Morgan fingerprint density at radius 3 is 2.52 bits per heavy atom. The molecule has 9 heteroatoms. The van der Waals surface area contributed by atoms with Crippen LogP contribution in [0.3, 0.4) is 0 Å². The Hall–Kier alpha value is -3.52. The summed E-state index contributed by atoms with van der Waals surface area (Å²) >= 11 is 0. The van der Waals surface area contributed by atoms with E-state index in [0.29, 0.717) is 33.9 Å². The van der Waals surface area contributed by atoms with E-state index >= 15 is 0 Å². The van der Waals surface area contributed by atoms with E-state index in [9.17, 15) is 9.59 Å². The molecular weight excluding hydrogens is 398 g/mol. The molecule has 0 spiro atoms. The number of nitrogens with one attached hydrogen (secondary N) is 1. The standard InChI is InChI=1S/C20H19N3O5.ClH/c1-27-16-10-23(14-7-5-12(6-8-14)19(21)22)20(26)18(16)13-3-2-4-15(9-13)28-11-17(24)25;/h2-9H,10-11H2,1H3,(H3,21,22)(H,24,25);1H. The number of benzene rings is 2. The number of amidine groups is 1. The number of nitrogen functional groups attached to an aromatic ring is 1. The van der Waals surface area contributed by atoms with Crippen molar-refractivity contribution in [2.24, 2.45) is 5.73 Å². The number of hydrogen-bond acceptors (Lipinski definition) is 5. The number of methoxy groups -OCH3 is 1. The Balaban J connectivity index is 0.00000300. The number of hydrogen-bond donors (Lipinski definition) is 3. The van der Waals surface area contributed by atoms with Crippen molar-refractivity contribution in [3.05, 3.63) is 65.4 Å². The summed E-state index contributed by atoms with van der Waals surface area (Å²) in [6.45, 7) is -0.216. The molecule has 1 amide bonds. The number of anilines is 1. The van der Waals surface area contributed by atoms with Crippen LogP contribution in [-0.2, 0) is 14.3 Å². The molecule has 0 unspecified atom stereocenters. The monoisotopic (exact) mass is 417 g/mol. The largest absolute Gasteiger partial charge is 0.498 e. The quantitative estimate of drug-likeness (QED) is 0.468. The van der Waals surface area contributed by atoms with Crippen molar-refractivity contribution in [1.82, 2.24) is 0 Å². The van der Waals surface area contributed by atoms with E-state index in [4.69, 9.17) is 25.7 Å². The molecule has 0 atom stereocenters. The molecule has 8 nitrogen and oxygen atoms in total. The van der Waals surface area contributed by atoms with E-state index in [1.165, 1.54) is 7.11 Å². The molecule has 1 heterocycles. The summed E-state index contributed by atoms with van der Waals surface area (Å²) in [5, 5.41) is 16.2. The van der Waals surface area contributed by atoms with E-state index in [2.05, 4.69) is 0 Å². The van der Waals surface area contributed by atoms with E-state index < -0.39 is 12.6 Å². The topological polar surface area (TPSA) is 126 Å². The lowest BCUT2D eigenvalue weighted by Gasteiger charge is -2.17. The molecule has 0 saturated carbocycles. The van der Waals surface area contributed by atoms with Crippen LogP contribution in [0.15, 0.2) is 54.3 Å². The van der Waals surface area contributed by atoms with Crippen LogP contribution in [0.5, 0.6) is 5.75 Å². The first-order valence-electron chi connectivity index (χ1n) is 8.39. The van der Waals surface area contributed by atoms with Gasteiger partial charge in [0.05, 0.1) is 19.2 Å². The number of nitrogens with zero attached hydrogens (tertiary/aromatic N) is 1. The zero-order valence-corrected chi connectivity index (χ0v) is 16.4. The molecule has 2 aromatic carbocycles. The van der Waals surface area contributed by atoms with Crippen LogP contribution >= 0.6 is 12.4 Å². The van der Waals surface area contributed by atoms with Crippen LogP contribution in [0, 0.1) is 5.41 Å². The van der Waals surface area contributed by atoms with Crippen LogP contribution in [0.4, 0.5) is 5.69 Å². The Kier molecular flexibility index (Phi) is 6.84. The van der Waals surface area contributed by atoms with Gasteiger partial charge in [0.15, 0.2) is 6.61 Å². The Bertz CT molecular complexity index is 972. The van der Waals surface area contributed by atoms with Gasteiger partial charge in [0.25, 0.3) is 5.91 Å². The van der Waals surface area contributed by atoms with Gasteiger partial charge in [-0.05, 0) is 42.0 Å². The molecule has 0 fully saturated rings. The van der Waals surface area contributed by atoms with Crippen molar-refractivity contribution < 1.29 is 24.2 Å². The second kappa shape index (κ2) is 9.11. The first kappa shape index (κ1) is 21.8. The number of carbonyl (C=O) groups is 2. The zero-order chi connectivity index (χ0) is 20.3. The number of nitrogens with two attached hydrogens (primary N) is 1. The molecule has 0 aromatic heterocycles. The highest BCUT2D eigenvalue weighted by Gasteiger charge is 2.33. The molecule has 3 rings (SSSR count). The molecular formula is C20H20ClN3O5. The number of carboxylic acid groups (broad SMARTS) is 1. The number of amides is 1. The molecule has 0 bridgehead atoms. The highest BCUT2D eigenvalue weighted by molar-refractivity contribution is 6.29. The first-order chi connectivity index (χ1) is 13.4. The smallest absolute Gasteiger partial charge is 0.341 e.